The van der Waals surface area contributed by atoms with Crippen molar-refractivity contribution in [1.29, 1.82) is 0 Å². The molecule has 222 valence electrons. The summed E-state index contributed by atoms with van der Waals surface area (Å²) in [6.45, 7) is 6.84. The van der Waals surface area contributed by atoms with Gasteiger partial charge in [0.1, 0.15) is 11.5 Å². The Balaban J connectivity index is 1.28. The number of rotatable bonds is 7. The molecule has 0 unspecified atom stereocenters. The number of nitrogens with zero attached hydrogens (tertiary/aromatic N) is 5. The minimum Gasteiger partial charge on any atom is -0.322 e. The van der Waals surface area contributed by atoms with Gasteiger partial charge in [-0.1, -0.05) is 18.1 Å². The molecular formula is C32H31F3N6O2. The van der Waals surface area contributed by atoms with Gasteiger partial charge in [-0.3, -0.25) is 14.5 Å². The molecule has 0 saturated carbocycles. The van der Waals surface area contributed by atoms with Crippen molar-refractivity contribution in [3.05, 3.63) is 94.4 Å². The highest BCUT2D eigenvalue weighted by molar-refractivity contribution is 6.04. The topological polar surface area (TPSA) is 82.8 Å². The number of piperazine rings is 1. The number of hydrogen-bond acceptors (Lipinski definition) is 6. The average molecular weight is 589 g/mol. The number of nitrogens with one attached hydrogen (secondary N) is 1. The van der Waals surface area contributed by atoms with Crippen LogP contribution in [0.15, 0.2) is 60.9 Å². The van der Waals surface area contributed by atoms with E-state index in [9.17, 15) is 22.8 Å². The van der Waals surface area contributed by atoms with Crippen LogP contribution < -0.4 is 5.32 Å². The van der Waals surface area contributed by atoms with Crippen LogP contribution in [0.4, 0.5) is 18.9 Å². The lowest BCUT2D eigenvalue weighted by molar-refractivity contribution is -0.138. The van der Waals surface area contributed by atoms with Crippen LogP contribution in [0.5, 0.6) is 0 Å². The summed E-state index contributed by atoms with van der Waals surface area (Å²) < 4.78 is 43.8. The molecule has 1 aliphatic heterocycles. The van der Waals surface area contributed by atoms with Gasteiger partial charge in [-0.25, -0.2) is 9.50 Å². The summed E-state index contributed by atoms with van der Waals surface area (Å²) in [5.74, 6) is 5.67. The quantitative estimate of drug-likeness (QED) is 0.312. The first-order chi connectivity index (χ1) is 20.6. The molecule has 2 aromatic carbocycles. The second kappa shape index (κ2) is 12.8. The first kappa shape index (κ1) is 29.9. The van der Waals surface area contributed by atoms with E-state index < -0.39 is 17.6 Å². The Kier molecular flexibility index (Phi) is 8.89. The zero-order valence-corrected chi connectivity index (χ0v) is 23.9. The van der Waals surface area contributed by atoms with Gasteiger partial charge in [-0.2, -0.15) is 18.3 Å². The maximum atomic E-state index is 14.1. The van der Waals surface area contributed by atoms with Crippen molar-refractivity contribution < 1.29 is 22.8 Å². The zero-order chi connectivity index (χ0) is 30.6. The predicted molar refractivity (Wildman–Crippen MR) is 157 cm³/mol. The summed E-state index contributed by atoms with van der Waals surface area (Å²) in [5.41, 5.74) is 2.38. The van der Waals surface area contributed by atoms with Crippen molar-refractivity contribution in [2.24, 2.45) is 0 Å². The predicted octanol–water partition coefficient (Wildman–Crippen LogP) is 4.81. The molecule has 11 heteroatoms. The number of alkyl halides is 3. The summed E-state index contributed by atoms with van der Waals surface area (Å²) in [7, 11) is 0. The Morgan fingerprint density at radius 3 is 2.51 bits per heavy atom. The third-order valence-electron chi connectivity index (χ3n) is 7.41. The molecule has 0 spiro atoms. The number of aryl methyl sites for hydroxylation is 1. The number of halogens is 3. The van der Waals surface area contributed by atoms with Crippen LogP contribution in [0, 0.1) is 18.8 Å². The van der Waals surface area contributed by atoms with Gasteiger partial charge in [0.15, 0.2) is 5.65 Å². The van der Waals surface area contributed by atoms with E-state index in [0.717, 1.165) is 11.6 Å². The molecule has 0 atom stereocenters. The molecule has 1 aliphatic rings. The van der Waals surface area contributed by atoms with Crippen LogP contribution in [0.25, 0.3) is 5.65 Å². The van der Waals surface area contributed by atoms with Crippen molar-refractivity contribution in [2.45, 2.75) is 33.0 Å². The number of aromatic nitrogens is 3. The molecule has 4 aromatic rings. The van der Waals surface area contributed by atoms with Gasteiger partial charge in [-0.05, 0) is 67.3 Å². The van der Waals surface area contributed by atoms with Gasteiger partial charge < -0.3 is 10.2 Å². The number of imidazole rings is 1. The number of carbonyl (C=O) groups is 2. The molecule has 3 heterocycles. The van der Waals surface area contributed by atoms with Crippen molar-refractivity contribution >= 4 is 23.0 Å². The Morgan fingerprint density at radius 2 is 1.77 bits per heavy atom. The highest BCUT2D eigenvalue weighted by Crippen LogP contribution is 2.35. The van der Waals surface area contributed by atoms with E-state index in [1.807, 2.05) is 17.9 Å². The lowest BCUT2D eigenvalue weighted by Gasteiger charge is -2.35. The van der Waals surface area contributed by atoms with Gasteiger partial charge in [0.2, 0.25) is 0 Å². The molecule has 1 N–H and O–H groups in total. The number of amides is 1. The summed E-state index contributed by atoms with van der Waals surface area (Å²) >= 11 is 0. The van der Waals surface area contributed by atoms with E-state index in [1.54, 1.807) is 48.1 Å². The lowest BCUT2D eigenvalue weighted by Crippen LogP contribution is -2.46. The molecule has 2 aromatic heterocycles. The first-order valence-electron chi connectivity index (χ1n) is 13.9. The molecular weight excluding hydrogens is 557 g/mol. The first-order valence-corrected chi connectivity index (χ1v) is 13.9. The van der Waals surface area contributed by atoms with Crippen LogP contribution in [0.2, 0.25) is 0 Å². The molecule has 1 amide bonds. The molecule has 0 radical (unpaired) electrons. The van der Waals surface area contributed by atoms with Gasteiger partial charge in [0.05, 0.1) is 11.8 Å². The highest BCUT2D eigenvalue weighted by Gasteiger charge is 2.34. The lowest BCUT2D eigenvalue weighted by atomic mass is 10.0. The number of ketones is 1. The summed E-state index contributed by atoms with van der Waals surface area (Å²) in [6.07, 6.45) is -0.866. The van der Waals surface area contributed by atoms with Gasteiger partial charge in [0, 0.05) is 68.7 Å². The third kappa shape index (κ3) is 7.46. The van der Waals surface area contributed by atoms with Crippen LogP contribution in [0.3, 0.4) is 0 Å². The van der Waals surface area contributed by atoms with Crippen molar-refractivity contribution in [3.8, 4) is 11.8 Å². The SMILES string of the molecule is CC(=O)CCN1CCN(Cc2ccc(NC(=O)c3ccc(C)c(C#Cc4cnc5cccnn45)c3)cc2C(F)(F)F)CC1. The maximum Gasteiger partial charge on any atom is 0.416 e. The number of Topliss-reactive ketones (excluding diaryl/α,β-unsaturated/α-hetero) is 1. The minimum atomic E-state index is -4.58. The number of fused-ring (bicyclic) bond motifs is 1. The van der Waals surface area contributed by atoms with Crippen molar-refractivity contribution in [2.75, 3.05) is 38.0 Å². The molecule has 0 aliphatic carbocycles. The van der Waals surface area contributed by atoms with Gasteiger partial charge in [0.25, 0.3) is 5.91 Å². The molecule has 43 heavy (non-hydrogen) atoms. The Hall–Kier alpha value is -4.53. The van der Waals surface area contributed by atoms with E-state index in [1.165, 1.54) is 12.1 Å². The normalized spacial score (nSPS) is 14.3. The number of anilines is 1. The standard InChI is InChI=1S/C32H31F3N6O2/c1-22-5-6-25(18-24(22)8-10-28-20-36-30-4-3-12-37-41(28)30)31(43)38-27-9-7-26(29(19-27)32(33,34)35)21-40-16-14-39(15-17-40)13-11-23(2)42/h3-7,9,12,18-20H,11,13-17,21H2,1-2H3,(H,38,43). The van der Waals surface area contributed by atoms with Gasteiger partial charge >= 0.3 is 6.18 Å². The maximum absolute atomic E-state index is 14.1. The van der Waals surface area contributed by atoms with E-state index in [0.29, 0.717) is 56.0 Å². The molecule has 0 bridgehead atoms. The van der Waals surface area contributed by atoms with Crippen LogP contribution in [-0.4, -0.2) is 68.8 Å². The summed E-state index contributed by atoms with van der Waals surface area (Å²) in [5, 5.41) is 6.85. The van der Waals surface area contributed by atoms with E-state index >= 15 is 0 Å². The minimum absolute atomic E-state index is 0.0557. The number of carbonyl (C=O) groups excluding carboxylic acids is 2. The second-order valence-electron chi connectivity index (χ2n) is 10.6. The monoisotopic (exact) mass is 588 g/mol. The van der Waals surface area contributed by atoms with Crippen molar-refractivity contribution in [3.63, 3.8) is 0 Å². The smallest absolute Gasteiger partial charge is 0.322 e. The van der Waals surface area contributed by atoms with Crippen LogP contribution in [-0.2, 0) is 17.5 Å². The zero-order valence-electron chi connectivity index (χ0n) is 23.9. The second-order valence-corrected chi connectivity index (χ2v) is 10.6. The summed E-state index contributed by atoms with van der Waals surface area (Å²) in [4.78, 5) is 32.7. The van der Waals surface area contributed by atoms with Crippen LogP contribution in [0.1, 0.15) is 51.7 Å². The molecule has 8 nitrogen and oxygen atoms in total. The van der Waals surface area contributed by atoms with Crippen LogP contribution >= 0.6 is 0 Å². The molecule has 1 fully saturated rings. The number of benzene rings is 2. The van der Waals surface area contributed by atoms with E-state index in [2.05, 4.69) is 32.1 Å². The molecule has 1 saturated heterocycles. The fourth-order valence-electron chi connectivity index (χ4n) is 4.93. The average Bonchev–Trinajstić information content (AvgIpc) is 3.39. The van der Waals surface area contributed by atoms with E-state index in [-0.39, 0.29) is 29.1 Å². The molecule has 5 rings (SSSR count). The number of hydrogen-bond donors (Lipinski definition) is 1. The largest absolute Gasteiger partial charge is 0.416 e. The third-order valence-corrected chi connectivity index (χ3v) is 7.41. The van der Waals surface area contributed by atoms with E-state index in [4.69, 9.17) is 0 Å². The summed E-state index contributed by atoms with van der Waals surface area (Å²) in [6, 6.07) is 12.5. The van der Waals surface area contributed by atoms with Gasteiger partial charge in [-0.15, -0.1) is 0 Å². The fourth-order valence-corrected chi connectivity index (χ4v) is 4.93. The van der Waals surface area contributed by atoms with Crippen molar-refractivity contribution in [1.82, 2.24) is 24.4 Å². The Morgan fingerprint density at radius 1 is 1.00 bits per heavy atom. The highest BCUT2D eigenvalue weighted by atomic mass is 19.4. The Bertz CT molecular complexity index is 1710. The Labute approximate surface area is 247 Å². The fraction of sp³-hybridized carbons (Fsp3) is 0.312.